The van der Waals surface area contributed by atoms with E-state index in [0.29, 0.717) is 32.1 Å². The van der Waals surface area contributed by atoms with Crippen molar-refractivity contribution in [2.45, 2.75) is 32.2 Å². The van der Waals surface area contributed by atoms with Crippen LogP contribution in [-0.4, -0.2) is 54.7 Å². The summed E-state index contributed by atoms with van der Waals surface area (Å²) in [5.74, 6) is 1.11. The van der Waals surface area contributed by atoms with E-state index in [0.717, 1.165) is 55.9 Å². The highest BCUT2D eigenvalue weighted by molar-refractivity contribution is 5.81. The number of ether oxygens (including phenoxy) is 2. The van der Waals surface area contributed by atoms with Crippen molar-refractivity contribution in [2.24, 2.45) is 11.7 Å². The van der Waals surface area contributed by atoms with Gasteiger partial charge in [0.15, 0.2) is 5.96 Å². The van der Waals surface area contributed by atoms with Crippen LogP contribution < -0.4 is 15.4 Å². The minimum Gasteiger partial charge on any atom is -0.493 e. The number of hydrogen-bond donors (Lipinski definition) is 2. The average molecular weight is 464 g/mol. The number of pyridine rings is 1. The Morgan fingerprint density at radius 1 is 1.24 bits per heavy atom. The standard InChI is InChI=1S/C26H33N5O3/c1-2-25(32)33-14-9-21-16-29-10-5-24(21)30-11-6-19(7-12-30)18-34-23-4-3-20-8-13-31(26(27)28)17-22(20)15-23/h2-5,10,15-16,19H,1,6-9,11-14,17-18H2,(H3,27,28). The number of nitrogens with two attached hydrogens (primary N) is 1. The maximum absolute atomic E-state index is 11.3. The van der Waals surface area contributed by atoms with Gasteiger partial charge in [-0.15, -0.1) is 0 Å². The highest BCUT2D eigenvalue weighted by atomic mass is 16.5. The maximum Gasteiger partial charge on any atom is 0.330 e. The van der Waals surface area contributed by atoms with Crippen LogP contribution in [0.4, 0.5) is 5.69 Å². The monoisotopic (exact) mass is 463 g/mol. The molecule has 2 aliphatic heterocycles. The summed E-state index contributed by atoms with van der Waals surface area (Å²) in [5, 5.41) is 7.69. The lowest BCUT2D eigenvalue weighted by Crippen LogP contribution is -2.40. The van der Waals surface area contributed by atoms with Crippen LogP contribution in [0, 0.1) is 11.3 Å². The van der Waals surface area contributed by atoms with E-state index in [1.165, 1.54) is 17.2 Å². The number of esters is 1. The van der Waals surface area contributed by atoms with Gasteiger partial charge in [0.2, 0.25) is 0 Å². The number of guanidine groups is 1. The number of piperidine rings is 1. The van der Waals surface area contributed by atoms with E-state index >= 15 is 0 Å². The van der Waals surface area contributed by atoms with Crippen LogP contribution >= 0.6 is 0 Å². The Labute approximate surface area is 200 Å². The molecule has 4 rings (SSSR count). The third kappa shape index (κ3) is 5.87. The third-order valence-electron chi connectivity index (χ3n) is 6.63. The van der Waals surface area contributed by atoms with Crippen LogP contribution in [-0.2, 0) is 28.9 Å². The second-order valence-corrected chi connectivity index (χ2v) is 8.85. The van der Waals surface area contributed by atoms with E-state index in [1.807, 2.05) is 23.4 Å². The predicted molar refractivity (Wildman–Crippen MR) is 132 cm³/mol. The van der Waals surface area contributed by atoms with E-state index in [4.69, 9.17) is 20.6 Å². The van der Waals surface area contributed by atoms with Crippen LogP contribution in [0.3, 0.4) is 0 Å². The number of benzene rings is 1. The predicted octanol–water partition coefficient (Wildman–Crippen LogP) is 2.90. The van der Waals surface area contributed by atoms with Crippen molar-refractivity contribution in [3.8, 4) is 5.75 Å². The van der Waals surface area contributed by atoms with Crippen molar-refractivity contribution in [3.63, 3.8) is 0 Å². The summed E-state index contributed by atoms with van der Waals surface area (Å²) in [6, 6.07) is 8.34. The molecule has 180 valence electrons. The summed E-state index contributed by atoms with van der Waals surface area (Å²) in [4.78, 5) is 19.8. The minimum atomic E-state index is -0.402. The second-order valence-electron chi connectivity index (χ2n) is 8.85. The van der Waals surface area contributed by atoms with Crippen molar-refractivity contribution in [2.75, 3.05) is 37.7 Å². The average Bonchev–Trinajstić information content (AvgIpc) is 2.87. The van der Waals surface area contributed by atoms with Gasteiger partial charge in [-0.05, 0) is 60.1 Å². The van der Waals surface area contributed by atoms with E-state index in [9.17, 15) is 4.79 Å². The molecule has 3 N–H and O–H groups in total. The summed E-state index contributed by atoms with van der Waals surface area (Å²) in [6.45, 7) is 7.81. The normalized spacial score (nSPS) is 16.0. The molecule has 1 saturated heterocycles. The Bertz CT molecular complexity index is 1030. The molecule has 0 radical (unpaired) electrons. The Morgan fingerprint density at radius 3 is 2.82 bits per heavy atom. The number of rotatable bonds is 8. The molecule has 8 heteroatoms. The number of nitrogens with one attached hydrogen (secondary N) is 1. The molecule has 2 aromatic rings. The lowest BCUT2D eigenvalue weighted by molar-refractivity contribution is -0.137. The molecule has 2 aliphatic rings. The number of hydrogen-bond acceptors (Lipinski definition) is 6. The Kier molecular flexibility index (Phi) is 7.67. The number of nitrogens with zero attached hydrogens (tertiary/aromatic N) is 3. The van der Waals surface area contributed by atoms with Crippen LogP contribution in [0.1, 0.15) is 29.5 Å². The quantitative estimate of drug-likeness (QED) is 0.268. The van der Waals surface area contributed by atoms with Gasteiger partial charge in [-0.3, -0.25) is 10.4 Å². The fraction of sp³-hybridized carbons (Fsp3) is 0.423. The Hall–Kier alpha value is -3.55. The zero-order chi connectivity index (χ0) is 23.9. The van der Waals surface area contributed by atoms with E-state index in [-0.39, 0.29) is 5.96 Å². The minimum absolute atomic E-state index is 0.124. The first-order chi connectivity index (χ1) is 16.5. The molecule has 0 amide bonds. The van der Waals surface area contributed by atoms with Gasteiger partial charge in [0.1, 0.15) is 5.75 Å². The smallest absolute Gasteiger partial charge is 0.330 e. The lowest BCUT2D eigenvalue weighted by atomic mass is 9.96. The van der Waals surface area contributed by atoms with Gasteiger partial charge in [0.25, 0.3) is 0 Å². The van der Waals surface area contributed by atoms with Crippen molar-refractivity contribution in [3.05, 3.63) is 66.0 Å². The summed E-state index contributed by atoms with van der Waals surface area (Å²) in [6.07, 6.45) is 8.49. The molecular formula is C26H33N5O3. The molecule has 0 unspecified atom stereocenters. The van der Waals surface area contributed by atoms with Gasteiger partial charge in [-0.2, -0.15) is 0 Å². The van der Waals surface area contributed by atoms with Crippen LogP contribution in [0.5, 0.6) is 5.75 Å². The SMILES string of the molecule is C=CC(=O)OCCc1cnccc1N1CCC(COc2ccc3c(c2)CN(C(=N)N)CC3)CC1. The van der Waals surface area contributed by atoms with E-state index < -0.39 is 5.97 Å². The topological polar surface area (TPSA) is 105 Å². The van der Waals surface area contributed by atoms with Crippen molar-refractivity contribution < 1.29 is 14.3 Å². The number of carbonyl (C=O) groups is 1. The molecule has 0 aliphatic carbocycles. The Balaban J connectivity index is 1.28. The first-order valence-electron chi connectivity index (χ1n) is 11.8. The molecule has 8 nitrogen and oxygen atoms in total. The molecule has 1 fully saturated rings. The Morgan fingerprint density at radius 2 is 2.06 bits per heavy atom. The largest absolute Gasteiger partial charge is 0.493 e. The van der Waals surface area contributed by atoms with Gasteiger partial charge >= 0.3 is 5.97 Å². The first-order valence-corrected chi connectivity index (χ1v) is 11.8. The summed E-state index contributed by atoms with van der Waals surface area (Å²) in [5.41, 5.74) is 10.4. The summed E-state index contributed by atoms with van der Waals surface area (Å²) < 4.78 is 11.3. The lowest BCUT2D eigenvalue weighted by Gasteiger charge is -2.34. The molecule has 1 aromatic carbocycles. The highest BCUT2D eigenvalue weighted by Gasteiger charge is 2.22. The fourth-order valence-electron chi connectivity index (χ4n) is 4.62. The van der Waals surface area contributed by atoms with Crippen LogP contribution in [0.2, 0.25) is 0 Å². The zero-order valence-electron chi connectivity index (χ0n) is 19.5. The van der Waals surface area contributed by atoms with Crippen molar-refractivity contribution >= 4 is 17.6 Å². The third-order valence-corrected chi connectivity index (χ3v) is 6.63. The zero-order valence-corrected chi connectivity index (χ0v) is 19.5. The van der Waals surface area contributed by atoms with Gasteiger partial charge in [-0.1, -0.05) is 12.6 Å². The molecular weight excluding hydrogens is 430 g/mol. The molecule has 0 saturated carbocycles. The molecule has 0 spiro atoms. The van der Waals surface area contributed by atoms with Crippen molar-refractivity contribution in [1.29, 1.82) is 5.41 Å². The van der Waals surface area contributed by atoms with Gasteiger partial charge in [0.05, 0.1) is 13.2 Å². The number of anilines is 1. The van der Waals surface area contributed by atoms with Crippen LogP contribution in [0.15, 0.2) is 49.3 Å². The fourth-order valence-corrected chi connectivity index (χ4v) is 4.62. The van der Waals surface area contributed by atoms with Gasteiger partial charge < -0.3 is 25.0 Å². The van der Waals surface area contributed by atoms with Crippen molar-refractivity contribution in [1.82, 2.24) is 9.88 Å². The van der Waals surface area contributed by atoms with Gasteiger partial charge in [0, 0.05) is 56.8 Å². The molecule has 0 atom stereocenters. The van der Waals surface area contributed by atoms with Gasteiger partial charge in [-0.25, -0.2) is 4.79 Å². The summed E-state index contributed by atoms with van der Waals surface area (Å²) in [7, 11) is 0. The molecule has 0 bridgehead atoms. The summed E-state index contributed by atoms with van der Waals surface area (Å²) >= 11 is 0. The molecule has 1 aromatic heterocycles. The second kappa shape index (κ2) is 11.0. The van der Waals surface area contributed by atoms with Crippen LogP contribution in [0.25, 0.3) is 0 Å². The maximum atomic E-state index is 11.3. The van der Waals surface area contributed by atoms with E-state index in [1.54, 1.807) is 0 Å². The number of carbonyl (C=O) groups excluding carboxylic acids is 1. The number of aromatic nitrogens is 1. The molecule has 34 heavy (non-hydrogen) atoms. The van der Waals surface area contributed by atoms with E-state index in [2.05, 4.69) is 34.7 Å². The first kappa shape index (κ1) is 23.6. The highest BCUT2D eigenvalue weighted by Crippen LogP contribution is 2.28. The number of fused-ring (bicyclic) bond motifs is 1. The molecule has 3 heterocycles.